The van der Waals surface area contributed by atoms with Crippen LogP contribution in [0.25, 0.3) is 11.1 Å². The third kappa shape index (κ3) is 4.77. The molecule has 1 fully saturated rings. The molecule has 2 aromatic heterocycles. The lowest BCUT2D eigenvalue weighted by molar-refractivity contribution is -0.125. The molecule has 0 aromatic carbocycles. The summed E-state index contributed by atoms with van der Waals surface area (Å²) >= 11 is 0. The molecule has 1 aliphatic rings. The fourth-order valence-corrected chi connectivity index (χ4v) is 3.14. The zero-order chi connectivity index (χ0) is 19.9. The Bertz CT molecular complexity index is 909. The number of nitrogens with zero attached hydrogens (tertiary/aromatic N) is 2. The predicted octanol–water partition coefficient (Wildman–Crippen LogP) is 1.23. The molecule has 1 amide bonds. The average molecular weight is 383 g/mol. The van der Waals surface area contributed by atoms with Crippen LogP contribution in [0.1, 0.15) is 6.42 Å². The smallest absolute Gasteiger partial charge is 0.271 e. The van der Waals surface area contributed by atoms with Crippen LogP contribution < -0.4 is 20.9 Å². The molecule has 3 rings (SSSR count). The third-order valence-corrected chi connectivity index (χ3v) is 4.62. The first kappa shape index (κ1) is 19.6. The second kappa shape index (κ2) is 9.18. The van der Waals surface area contributed by atoms with Crippen molar-refractivity contribution < 1.29 is 9.53 Å². The summed E-state index contributed by atoms with van der Waals surface area (Å²) in [6.45, 7) is 1.89. The number of methoxy groups -OCH3 is 1. The Hall–Kier alpha value is -3.13. The Labute approximate surface area is 163 Å². The van der Waals surface area contributed by atoms with Crippen molar-refractivity contribution in [2.24, 2.45) is 0 Å². The van der Waals surface area contributed by atoms with E-state index in [1.165, 1.54) is 0 Å². The van der Waals surface area contributed by atoms with Crippen LogP contribution in [0.15, 0.2) is 47.5 Å². The number of amides is 1. The monoisotopic (exact) mass is 383 g/mol. The molecule has 2 aromatic rings. The molecule has 0 saturated carbocycles. The summed E-state index contributed by atoms with van der Waals surface area (Å²) in [6.07, 6.45) is 7.51. The minimum Gasteiger partial charge on any atom is -0.481 e. The number of aromatic amines is 1. The van der Waals surface area contributed by atoms with Gasteiger partial charge in [0.2, 0.25) is 11.8 Å². The van der Waals surface area contributed by atoms with Crippen LogP contribution in [0.4, 0.5) is 5.69 Å². The number of ether oxygens (including phenoxy) is 1. The number of H-pyrrole nitrogens is 1. The van der Waals surface area contributed by atoms with Gasteiger partial charge in [0.25, 0.3) is 5.56 Å². The zero-order valence-electron chi connectivity index (χ0n) is 16.1. The number of likely N-dealkylation sites (tertiary alicyclic amines) is 1. The first-order chi connectivity index (χ1) is 13.6. The number of hydrogen-bond acceptors (Lipinski definition) is 6. The number of hydrogen-bond donors (Lipinski definition) is 3. The average Bonchev–Trinajstić information content (AvgIpc) is 3.18. The minimum absolute atomic E-state index is 0.00825. The molecule has 1 aliphatic heterocycles. The van der Waals surface area contributed by atoms with Crippen LogP contribution in [0, 0.1) is 0 Å². The molecule has 28 heavy (non-hydrogen) atoms. The molecule has 0 bridgehead atoms. The van der Waals surface area contributed by atoms with E-state index in [2.05, 4.69) is 20.6 Å². The molecule has 8 heteroatoms. The molecular formula is C20H25N5O3. The van der Waals surface area contributed by atoms with Gasteiger partial charge >= 0.3 is 0 Å². The van der Waals surface area contributed by atoms with Gasteiger partial charge in [0.05, 0.1) is 7.11 Å². The maximum absolute atomic E-state index is 12.2. The van der Waals surface area contributed by atoms with Gasteiger partial charge in [-0.2, -0.15) is 0 Å². The molecule has 148 valence electrons. The van der Waals surface area contributed by atoms with E-state index in [0.717, 1.165) is 17.5 Å². The van der Waals surface area contributed by atoms with Crippen molar-refractivity contribution in [3.05, 3.63) is 53.1 Å². The maximum atomic E-state index is 12.2. The highest BCUT2D eigenvalue weighted by molar-refractivity contribution is 5.87. The van der Waals surface area contributed by atoms with E-state index in [0.29, 0.717) is 31.2 Å². The Morgan fingerprint density at radius 3 is 3.07 bits per heavy atom. The molecule has 0 aliphatic carbocycles. The lowest BCUT2D eigenvalue weighted by Crippen LogP contribution is -2.31. The summed E-state index contributed by atoms with van der Waals surface area (Å²) in [7, 11) is 3.39. The third-order valence-electron chi connectivity index (χ3n) is 4.62. The van der Waals surface area contributed by atoms with E-state index in [4.69, 9.17) is 4.74 Å². The van der Waals surface area contributed by atoms with Crippen LogP contribution >= 0.6 is 0 Å². The van der Waals surface area contributed by atoms with Crippen LogP contribution in [-0.2, 0) is 4.79 Å². The van der Waals surface area contributed by atoms with E-state index in [9.17, 15) is 9.59 Å². The van der Waals surface area contributed by atoms with Crippen LogP contribution in [0.2, 0.25) is 0 Å². The number of anilines is 1. The maximum Gasteiger partial charge on any atom is 0.271 e. The second-order valence-corrected chi connectivity index (χ2v) is 6.59. The first-order valence-corrected chi connectivity index (χ1v) is 9.20. The molecule has 1 atom stereocenters. The number of likely N-dealkylation sites (N-methyl/N-ethyl adjacent to an activating group) is 1. The summed E-state index contributed by atoms with van der Waals surface area (Å²) < 4.78 is 5.16. The Kier molecular flexibility index (Phi) is 6.44. The largest absolute Gasteiger partial charge is 0.481 e. The molecule has 3 heterocycles. The van der Waals surface area contributed by atoms with Gasteiger partial charge in [-0.1, -0.05) is 6.08 Å². The van der Waals surface area contributed by atoms with Crippen LogP contribution in [0.5, 0.6) is 5.88 Å². The fraction of sp³-hybridized carbons (Fsp3) is 0.350. The number of carbonyl (C=O) groups is 1. The normalized spacial score (nSPS) is 16.5. The number of rotatable bonds is 7. The molecule has 1 unspecified atom stereocenters. The van der Waals surface area contributed by atoms with Gasteiger partial charge in [0.1, 0.15) is 5.69 Å². The number of pyridine rings is 2. The van der Waals surface area contributed by atoms with E-state index in [1.807, 2.05) is 25.2 Å². The van der Waals surface area contributed by atoms with Gasteiger partial charge in [-0.25, -0.2) is 4.98 Å². The Balaban J connectivity index is 1.69. The Morgan fingerprint density at radius 2 is 2.29 bits per heavy atom. The van der Waals surface area contributed by atoms with Crippen molar-refractivity contribution in [1.82, 2.24) is 20.2 Å². The van der Waals surface area contributed by atoms with E-state index >= 15 is 0 Å². The lowest BCUT2D eigenvalue weighted by Gasteiger charge is -2.16. The highest BCUT2D eigenvalue weighted by atomic mass is 16.5. The number of nitrogens with one attached hydrogen (secondary N) is 3. The van der Waals surface area contributed by atoms with E-state index in [1.54, 1.807) is 36.6 Å². The predicted molar refractivity (Wildman–Crippen MR) is 109 cm³/mol. The van der Waals surface area contributed by atoms with Crippen molar-refractivity contribution in [1.29, 1.82) is 0 Å². The topological polar surface area (TPSA) is 99.3 Å². The fourth-order valence-electron chi connectivity index (χ4n) is 3.14. The summed E-state index contributed by atoms with van der Waals surface area (Å²) in [5.41, 5.74) is 2.04. The van der Waals surface area contributed by atoms with Crippen molar-refractivity contribution in [3.63, 3.8) is 0 Å². The molecule has 0 radical (unpaired) electrons. The number of carbonyl (C=O) groups excluding carboxylic acids is 1. The molecule has 0 spiro atoms. The van der Waals surface area contributed by atoms with Crippen LogP contribution in [0.3, 0.4) is 0 Å². The van der Waals surface area contributed by atoms with Gasteiger partial charge in [-0.15, -0.1) is 0 Å². The Morgan fingerprint density at radius 1 is 1.43 bits per heavy atom. The lowest BCUT2D eigenvalue weighted by atomic mass is 10.1. The second-order valence-electron chi connectivity index (χ2n) is 6.59. The first-order valence-electron chi connectivity index (χ1n) is 9.20. The highest BCUT2D eigenvalue weighted by Gasteiger charge is 2.25. The van der Waals surface area contributed by atoms with E-state index in [-0.39, 0.29) is 17.5 Å². The molecule has 3 N–H and O–H groups in total. The minimum atomic E-state index is -0.191. The summed E-state index contributed by atoms with van der Waals surface area (Å²) in [5, 5.41) is 6.25. The molecule has 8 nitrogen and oxygen atoms in total. The van der Waals surface area contributed by atoms with E-state index < -0.39 is 0 Å². The summed E-state index contributed by atoms with van der Waals surface area (Å²) in [5.74, 6) is 0.501. The van der Waals surface area contributed by atoms with Gasteiger partial charge in [-0.3, -0.25) is 9.59 Å². The SMILES string of the molecule is CNCC=CC(=O)N1CCC(Nc2cc(-c3ccnc(OC)c3)c[nH]c2=O)C1. The highest BCUT2D eigenvalue weighted by Crippen LogP contribution is 2.23. The van der Waals surface area contributed by atoms with Crippen molar-refractivity contribution in [2.75, 3.05) is 39.1 Å². The van der Waals surface area contributed by atoms with Crippen molar-refractivity contribution in [3.8, 4) is 17.0 Å². The zero-order valence-corrected chi connectivity index (χ0v) is 16.1. The van der Waals surface area contributed by atoms with Gasteiger partial charge in [0, 0.05) is 55.8 Å². The molecule has 1 saturated heterocycles. The van der Waals surface area contributed by atoms with Crippen LogP contribution in [-0.4, -0.2) is 60.6 Å². The molecular weight excluding hydrogens is 358 g/mol. The standard InChI is InChI=1S/C20H25N5O3/c1-21-7-3-4-19(26)25-9-6-16(13-25)24-17-10-15(12-23-20(17)27)14-5-8-22-18(11-14)28-2/h3-5,8,10-12,16,21,24H,6-7,9,13H2,1-2H3,(H,23,27). The number of aromatic nitrogens is 2. The van der Waals surface area contributed by atoms with Crippen molar-refractivity contribution >= 4 is 11.6 Å². The summed E-state index contributed by atoms with van der Waals surface area (Å²) in [4.78, 5) is 33.1. The van der Waals surface area contributed by atoms with Gasteiger partial charge in [0.15, 0.2) is 0 Å². The van der Waals surface area contributed by atoms with Gasteiger partial charge < -0.3 is 25.3 Å². The van der Waals surface area contributed by atoms with Crippen molar-refractivity contribution in [2.45, 2.75) is 12.5 Å². The summed E-state index contributed by atoms with van der Waals surface area (Å²) in [6, 6.07) is 5.51. The quantitative estimate of drug-likeness (QED) is 0.622. The van der Waals surface area contributed by atoms with Gasteiger partial charge in [-0.05, 0) is 31.2 Å².